The molecule has 0 spiro atoms. The Bertz CT molecular complexity index is 572. The highest BCUT2D eigenvalue weighted by molar-refractivity contribution is 7.09. The smallest absolute Gasteiger partial charge is 0.226 e. The van der Waals surface area contributed by atoms with Gasteiger partial charge in [0.25, 0.3) is 0 Å². The highest BCUT2D eigenvalue weighted by Gasteiger charge is 2.06. The molecule has 0 fully saturated rings. The number of hydrogen-bond acceptors (Lipinski definition) is 4. The second-order valence-corrected chi connectivity index (χ2v) is 5.55. The number of nitrogens with zero attached hydrogens (tertiary/aromatic N) is 1. The van der Waals surface area contributed by atoms with Crippen LogP contribution in [0.4, 0.5) is 5.69 Å². The van der Waals surface area contributed by atoms with E-state index in [4.69, 9.17) is 5.73 Å². The summed E-state index contributed by atoms with van der Waals surface area (Å²) in [6.45, 7) is 2.70. The first kappa shape index (κ1) is 20.7. The number of amides is 1. The minimum atomic E-state index is 0. The van der Waals surface area contributed by atoms with Crippen molar-refractivity contribution in [3.8, 4) is 0 Å². The Hall–Kier alpha value is -1.30. The molecule has 122 valence electrons. The van der Waals surface area contributed by atoms with Gasteiger partial charge in [-0.25, -0.2) is 4.98 Å². The van der Waals surface area contributed by atoms with Crippen LogP contribution in [0.25, 0.3) is 0 Å². The number of benzene rings is 1. The Balaban J connectivity index is 0.00000220. The van der Waals surface area contributed by atoms with Gasteiger partial charge < -0.3 is 11.1 Å². The molecule has 0 aliphatic carbocycles. The minimum absolute atomic E-state index is 0. The normalized spacial score (nSPS) is 9.50. The quantitative estimate of drug-likeness (QED) is 0.776. The largest absolute Gasteiger partial charge is 0.399 e. The van der Waals surface area contributed by atoms with Gasteiger partial charge in [0.05, 0.1) is 17.1 Å². The van der Waals surface area contributed by atoms with E-state index in [1.54, 1.807) is 11.3 Å². The van der Waals surface area contributed by atoms with Crippen LogP contribution in [0.3, 0.4) is 0 Å². The van der Waals surface area contributed by atoms with Crippen LogP contribution in [-0.4, -0.2) is 17.4 Å². The lowest BCUT2D eigenvalue weighted by atomic mass is 10.1. The summed E-state index contributed by atoms with van der Waals surface area (Å²) >= 11 is 1.61. The average Bonchev–Trinajstić information content (AvgIpc) is 2.88. The van der Waals surface area contributed by atoms with Gasteiger partial charge in [0.2, 0.25) is 5.91 Å². The molecule has 0 bridgehead atoms. The van der Waals surface area contributed by atoms with Crippen molar-refractivity contribution in [2.45, 2.75) is 26.2 Å². The predicted octanol–water partition coefficient (Wildman–Crippen LogP) is 3.03. The Morgan fingerprint density at radius 1 is 1.27 bits per heavy atom. The molecular formula is C15H21Cl2N3OS. The number of nitrogen functional groups attached to an aromatic ring is 1. The third kappa shape index (κ3) is 6.64. The highest BCUT2D eigenvalue weighted by Crippen LogP contribution is 2.10. The monoisotopic (exact) mass is 361 g/mol. The van der Waals surface area contributed by atoms with Crippen LogP contribution >= 0.6 is 36.2 Å². The Morgan fingerprint density at radius 2 is 1.95 bits per heavy atom. The molecule has 1 heterocycles. The van der Waals surface area contributed by atoms with Gasteiger partial charge >= 0.3 is 0 Å². The van der Waals surface area contributed by atoms with Crippen LogP contribution in [0.15, 0.2) is 29.6 Å². The fourth-order valence-electron chi connectivity index (χ4n) is 1.85. The van der Waals surface area contributed by atoms with Gasteiger partial charge in [-0.2, -0.15) is 0 Å². The molecule has 4 nitrogen and oxygen atoms in total. The van der Waals surface area contributed by atoms with Crippen LogP contribution in [0.1, 0.15) is 23.2 Å². The second kappa shape index (κ2) is 10.4. The number of halogens is 2. The van der Waals surface area contributed by atoms with Gasteiger partial charge in [0.15, 0.2) is 0 Å². The maximum absolute atomic E-state index is 11.8. The van der Waals surface area contributed by atoms with Gasteiger partial charge in [-0.05, 0) is 30.5 Å². The molecule has 0 saturated heterocycles. The van der Waals surface area contributed by atoms with Crippen molar-refractivity contribution in [2.75, 3.05) is 12.3 Å². The van der Waals surface area contributed by atoms with E-state index in [2.05, 4.69) is 17.2 Å². The van der Waals surface area contributed by atoms with Crippen LogP contribution < -0.4 is 11.1 Å². The van der Waals surface area contributed by atoms with Gasteiger partial charge in [0.1, 0.15) is 0 Å². The van der Waals surface area contributed by atoms with Crippen molar-refractivity contribution in [1.29, 1.82) is 0 Å². The SMILES string of the molecule is CCc1nc(CC(=O)NCCc2ccc(N)cc2)cs1.Cl.Cl. The first-order valence-electron chi connectivity index (χ1n) is 6.71. The fraction of sp³-hybridized carbons (Fsp3) is 0.333. The first-order valence-corrected chi connectivity index (χ1v) is 7.59. The number of thiazole rings is 1. The molecule has 1 aromatic heterocycles. The Morgan fingerprint density at radius 3 is 2.55 bits per heavy atom. The molecule has 2 aromatic rings. The summed E-state index contributed by atoms with van der Waals surface area (Å²) in [5.41, 5.74) is 8.41. The number of hydrogen-bond donors (Lipinski definition) is 2. The van der Waals surface area contributed by atoms with Gasteiger partial charge in [-0.1, -0.05) is 19.1 Å². The summed E-state index contributed by atoms with van der Waals surface area (Å²) in [7, 11) is 0. The molecule has 0 radical (unpaired) electrons. The molecule has 3 N–H and O–H groups in total. The third-order valence-corrected chi connectivity index (χ3v) is 4.00. The van der Waals surface area contributed by atoms with E-state index >= 15 is 0 Å². The van der Waals surface area contributed by atoms with E-state index in [1.165, 1.54) is 5.56 Å². The zero-order chi connectivity index (χ0) is 14.4. The number of anilines is 1. The summed E-state index contributed by atoms with van der Waals surface area (Å²) in [5, 5.41) is 5.95. The summed E-state index contributed by atoms with van der Waals surface area (Å²) in [5.74, 6) is 0.0217. The van der Waals surface area contributed by atoms with E-state index in [-0.39, 0.29) is 30.7 Å². The molecule has 1 aromatic carbocycles. The summed E-state index contributed by atoms with van der Waals surface area (Å²) in [6, 6.07) is 7.71. The maximum atomic E-state index is 11.8. The number of aromatic nitrogens is 1. The molecule has 0 aliphatic heterocycles. The van der Waals surface area contributed by atoms with E-state index in [0.717, 1.165) is 29.2 Å². The van der Waals surface area contributed by atoms with Crippen molar-refractivity contribution in [3.05, 3.63) is 45.9 Å². The second-order valence-electron chi connectivity index (χ2n) is 4.60. The Labute approximate surface area is 147 Å². The molecule has 0 saturated carbocycles. The van der Waals surface area contributed by atoms with Crippen LogP contribution in [0, 0.1) is 0 Å². The zero-order valence-corrected chi connectivity index (χ0v) is 14.8. The predicted molar refractivity (Wildman–Crippen MR) is 97.3 cm³/mol. The number of carbonyl (C=O) groups excluding carboxylic acids is 1. The minimum Gasteiger partial charge on any atom is -0.399 e. The molecule has 7 heteroatoms. The van der Waals surface area contributed by atoms with Crippen LogP contribution in [-0.2, 0) is 24.1 Å². The average molecular weight is 362 g/mol. The van der Waals surface area contributed by atoms with Crippen molar-refractivity contribution >= 4 is 47.7 Å². The standard InChI is InChI=1S/C15H19N3OS.2ClH/c1-2-15-18-13(10-20-15)9-14(19)17-8-7-11-3-5-12(16)6-4-11;;/h3-6,10H,2,7-9,16H2,1H3,(H,17,19);2*1H. The number of nitrogens with one attached hydrogen (secondary N) is 1. The summed E-state index contributed by atoms with van der Waals surface area (Å²) in [4.78, 5) is 16.2. The molecule has 0 unspecified atom stereocenters. The zero-order valence-electron chi connectivity index (χ0n) is 12.4. The van der Waals surface area contributed by atoms with Gasteiger partial charge in [0, 0.05) is 17.6 Å². The number of rotatable bonds is 6. The summed E-state index contributed by atoms with van der Waals surface area (Å²) in [6.07, 6.45) is 2.09. The lowest BCUT2D eigenvalue weighted by Crippen LogP contribution is -2.27. The van der Waals surface area contributed by atoms with Gasteiger partial charge in [-0.3, -0.25) is 4.79 Å². The maximum Gasteiger partial charge on any atom is 0.226 e. The number of aryl methyl sites for hydroxylation is 1. The third-order valence-electron chi connectivity index (χ3n) is 2.96. The van der Waals surface area contributed by atoms with Crippen molar-refractivity contribution in [1.82, 2.24) is 10.3 Å². The van der Waals surface area contributed by atoms with E-state index in [9.17, 15) is 4.79 Å². The fourth-order valence-corrected chi connectivity index (χ4v) is 2.59. The van der Waals surface area contributed by atoms with Crippen molar-refractivity contribution < 1.29 is 4.79 Å². The highest BCUT2D eigenvalue weighted by atomic mass is 35.5. The summed E-state index contributed by atoms with van der Waals surface area (Å²) < 4.78 is 0. The number of carbonyl (C=O) groups is 1. The molecule has 2 rings (SSSR count). The van der Waals surface area contributed by atoms with Crippen LogP contribution in [0.5, 0.6) is 0 Å². The number of nitrogens with two attached hydrogens (primary N) is 1. The van der Waals surface area contributed by atoms with Gasteiger partial charge in [-0.15, -0.1) is 36.2 Å². The van der Waals surface area contributed by atoms with Crippen LogP contribution in [0.2, 0.25) is 0 Å². The topological polar surface area (TPSA) is 68.0 Å². The molecule has 22 heavy (non-hydrogen) atoms. The van der Waals surface area contributed by atoms with E-state index < -0.39 is 0 Å². The molecule has 0 atom stereocenters. The van der Waals surface area contributed by atoms with E-state index in [0.29, 0.717) is 13.0 Å². The lowest BCUT2D eigenvalue weighted by Gasteiger charge is -2.04. The molecule has 1 amide bonds. The first-order chi connectivity index (χ1) is 9.67. The molecular weight excluding hydrogens is 341 g/mol. The Kier molecular flexibility index (Phi) is 9.81. The van der Waals surface area contributed by atoms with Crippen molar-refractivity contribution in [3.63, 3.8) is 0 Å². The van der Waals surface area contributed by atoms with Crippen molar-refractivity contribution in [2.24, 2.45) is 0 Å². The lowest BCUT2D eigenvalue weighted by molar-refractivity contribution is -0.120. The molecule has 0 aliphatic rings. The van der Waals surface area contributed by atoms with E-state index in [1.807, 2.05) is 29.6 Å².